The Morgan fingerprint density at radius 1 is 1.42 bits per heavy atom. The van der Waals surface area contributed by atoms with Crippen molar-refractivity contribution in [1.82, 2.24) is 15.5 Å². The first kappa shape index (κ1) is 14.2. The van der Waals surface area contributed by atoms with Crippen molar-refractivity contribution >= 4 is 17.5 Å². The van der Waals surface area contributed by atoms with Crippen LogP contribution in [-0.2, 0) is 11.3 Å². The molecule has 1 amide bonds. The number of hydrogen-bond donors (Lipinski definition) is 2. The summed E-state index contributed by atoms with van der Waals surface area (Å²) in [6.07, 6.45) is 0. The molecule has 1 aliphatic rings. The summed E-state index contributed by atoms with van der Waals surface area (Å²) in [6.45, 7) is 4.37. The first-order valence-corrected chi connectivity index (χ1v) is 6.66. The molecule has 0 aromatic heterocycles. The Hall–Kier alpha value is -1.17. The quantitative estimate of drug-likeness (QED) is 0.868. The van der Waals surface area contributed by atoms with Gasteiger partial charge < -0.3 is 10.6 Å². The van der Waals surface area contributed by atoms with Gasteiger partial charge in [-0.3, -0.25) is 9.69 Å². The Labute approximate surface area is 116 Å². The Morgan fingerprint density at radius 3 is 2.84 bits per heavy atom. The smallest absolute Gasteiger partial charge is 0.234 e. The molecule has 2 rings (SSSR count). The normalized spacial score (nSPS) is 16.3. The second-order valence-electron chi connectivity index (χ2n) is 4.55. The number of carbonyl (C=O) groups excluding carboxylic acids is 1. The number of benzene rings is 1. The molecule has 6 heteroatoms. The van der Waals surface area contributed by atoms with Gasteiger partial charge in [-0.1, -0.05) is 17.7 Å². The van der Waals surface area contributed by atoms with Crippen molar-refractivity contribution < 1.29 is 9.18 Å². The van der Waals surface area contributed by atoms with Gasteiger partial charge in [0.25, 0.3) is 0 Å². The molecule has 1 heterocycles. The lowest BCUT2D eigenvalue weighted by molar-refractivity contribution is -0.122. The predicted molar refractivity (Wildman–Crippen MR) is 72.6 cm³/mol. The zero-order chi connectivity index (χ0) is 13.7. The van der Waals surface area contributed by atoms with E-state index in [9.17, 15) is 9.18 Å². The first-order chi connectivity index (χ1) is 9.15. The molecule has 0 saturated carbocycles. The minimum absolute atomic E-state index is 0.0256. The van der Waals surface area contributed by atoms with Crippen molar-refractivity contribution in [2.75, 3.05) is 32.7 Å². The summed E-state index contributed by atoms with van der Waals surface area (Å²) in [7, 11) is 0. The van der Waals surface area contributed by atoms with Crippen LogP contribution in [0, 0.1) is 5.82 Å². The minimum atomic E-state index is -0.447. The van der Waals surface area contributed by atoms with Crippen molar-refractivity contribution in [3.05, 3.63) is 34.6 Å². The van der Waals surface area contributed by atoms with Gasteiger partial charge in [-0.05, 0) is 17.7 Å². The lowest BCUT2D eigenvalue weighted by Crippen LogP contribution is -2.47. The predicted octanol–water partition coefficient (Wildman–Crippen LogP) is 1.00. The standard InChI is InChI=1S/C13H17ClFN3O/c14-11-7-10(1-2-12(11)15)8-17-13(19)9-18-5-3-16-4-6-18/h1-2,7,16H,3-6,8-9H2,(H,17,19). The van der Waals surface area contributed by atoms with E-state index in [4.69, 9.17) is 11.6 Å². The van der Waals surface area contributed by atoms with Crippen LogP contribution < -0.4 is 10.6 Å². The van der Waals surface area contributed by atoms with Crippen molar-refractivity contribution in [1.29, 1.82) is 0 Å². The van der Waals surface area contributed by atoms with Crippen molar-refractivity contribution in [3.8, 4) is 0 Å². The van der Waals surface area contributed by atoms with Crippen LogP contribution in [0.2, 0.25) is 5.02 Å². The number of nitrogens with one attached hydrogen (secondary N) is 2. The molecule has 1 fully saturated rings. The van der Waals surface area contributed by atoms with E-state index in [2.05, 4.69) is 15.5 Å². The highest BCUT2D eigenvalue weighted by Crippen LogP contribution is 2.15. The number of carbonyl (C=O) groups is 1. The van der Waals surface area contributed by atoms with E-state index in [0.29, 0.717) is 13.1 Å². The second kappa shape index (κ2) is 6.84. The Morgan fingerprint density at radius 2 is 2.16 bits per heavy atom. The highest BCUT2D eigenvalue weighted by atomic mass is 35.5. The third kappa shape index (κ3) is 4.45. The van der Waals surface area contributed by atoms with Gasteiger partial charge in [0.15, 0.2) is 0 Å². The van der Waals surface area contributed by atoms with Gasteiger partial charge in [0.05, 0.1) is 11.6 Å². The molecular formula is C13H17ClFN3O. The lowest BCUT2D eigenvalue weighted by Gasteiger charge is -2.26. The van der Waals surface area contributed by atoms with Crippen molar-refractivity contribution in [2.45, 2.75) is 6.54 Å². The van der Waals surface area contributed by atoms with Crippen LogP contribution in [0.4, 0.5) is 4.39 Å². The van der Waals surface area contributed by atoms with Crippen LogP contribution in [0.1, 0.15) is 5.56 Å². The summed E-state index contributed by atoms with van der Waals surface area (Å²) in [5, 5.41) is 6.12. The maximum Gasteiger partial charge on any atom is 0.234 e. The van der Waals surface area contributed by atoms with Crippen LogP contribution in [0.15, 0.2) is 18.2 Å². The molecule has 0 aliphatic carbocycles. The van der Waals surface area contributed by atoms with Gasteiger partial charge in [-0.15, -0.1) is 0 Å². The third-order valence-electron chi connectivity index (χ3n) is 3.05. The molecule has 0 unspecified atom stereocenters. The molecule has 0 atom stereocenters. The summed E-state index contributed by atoms with van der Waals surface area (Å²) in [6, 6.07) is 4.45. The molecular weight excluding hydrogens is 269 g/mol. The topological polar surface area (TPSA) is 44.4 Å². The average molecular weight is 286 g/mol. The molecule has 1 aliphatic heterocycles. The van der Waals surface area contributed by atoms with Crippen LogP contribution in [0.5, 0.6) is 0 Å². The third-order valence-corrected chi connectivity index (χ3v) is 3.34. The Bertz CT molecular complexity index is 450. The van der Waals surface area contributed by atoms with Gasteiger partial charge in [-0.25, -0.2) is 4.39 Å². The number of amides is 1. The molecule has 104 valence electrons. The van der Waals surface area contributed by atoms with Gasteiger partial charge in [0, 0.05) is 32.7 Å². The van der Waals surface area contributed by atoms with E-state index in [0.717, 1.165) is 31.7 Å². The van der Waals surface area contributed by atoms with Crippen molar-refractivity contribution in [3.63, 3.8) is 0 Å². The highest BCUT2D eigenvalue weighted by Gasteiger charge is 2.13. The minimum Gasteiger partial charge on any atom is -0.351 e. The fourth-order valence-electron chi connectivity index (χ4n) is 1.98. The van der Waals surface area contributed by atoms with Gasteiger partial charge in [0.2, 0.25) is 5.91 Å². The van der Waals surface area contributed by atoms with Crippen molar-refractivity contribution in [2.24, 2.45) is 0 Å². The number of piperazine rings is 1. The first-order valence-electron chi connectivity index (χ1n) is 6.29. The summed E-state index contributed by atoms with van der Waals surface area (Å²) in [5.74, 6) is -0.472. The van der Waals surface area contributed by atoms with E-state index in [1.807, 2.05) is 0 Å². The van der Waals surface area contributed by atoms with E-state index < -0.39 is 5.82 Å². The van der Waals surface area contributed by atoms with E-state index in [1.54, 1.807) is 6.07 Å². The van der Waals surface area contributed by atoms with Gasteiger partial charge in [0.1, 0.15) is 5.82 Å². The number of rotatable bonds is 4. The Balaban J connectivity index is 1.77. The maximum atomic E-state index is 13.0. The van der Waals surface area contributed by atoms with Crippen LogP contribution in [0.25, 0.3) is 0 Å². The fourth-order valence-corrected chi connectivity index (χ4v) is 2.18. The summed E-state index contributed by atoms with van der Waals surface area (Å²) >= 11 is 5.68. The zero-order valence-corrected chi connectivity index (χ0v) is 11.3. The lowest BCUT2D eigenvalue weighted by atomic mass is 10.2. The van der Waals surface area contributed by atoms with Crippen LogP contribution in [-0.4, -0.2) is 43.5 Å². The molecule has 19 heavy (non-hydrogen) atoms. The van der Waals surface area contributed by atoms with E-state index in [1.165, 1.54) is 12.1 Å². The molecule has 1 aromatic rings. The molecule has 0 radical (unpaired) electrons. The molecule has 0 spiro atoms. The molecule has 0 bridgehead atoms. The monoisotopic (exact) mass is 285 g/mol. The SMILES string of the molecule is O=C(CN1CCNCC1)NCc1ccc(F)c(Cl)c1. The zero-order valence-electron chi connectivity index (χ0n) is 10.6. The van der Waals surface area contributed by atoms with Crippen LogP contribution >= 0.6 is 11.6 Å². The van der Waals surface area contributed by atoms with Gasteiger partial charge in [-0.2, -0.15) is 0 Å². The number of halogens is 2. The molecule has 1 aromatic carbocycles. The van der Waals surface area contributed by atoms with Crippen LogP contribution in [0.3, 0.4) is 0 Å². The summed E-state index contributed by atoms with van der Waals surface area (Å²) < 4.78 is 13.0. The average Bonchev–Trinajstić information content (AvgIpc) is 2.41. The van der Waals surface area contributed by atoms with E-state index in [-0.39, 0.29) is 10.9 Å². The van der Waals surface area contributed by atoms with E-state index >= 15 is 0 Å². The maximum absolute atomic E-state index is 13.0. The number of nitrogens with zero attached hydrogens (tertiary/aromatic N) is 1. The molecule has 1 saturated heterocycles. The summed E-state index contributed by atoms with van der Waals surface area (Å²) in [4.78, 5) is 13.9. The Kier molecular flexibility index (Phi) is 5.13. The molecule has 2 N–H and O–H groups in total. The second-order valence-corrected chi connectivity index (χ2v) is 4.96. The van der Waals surface area contributed by atoms with Gasteiger partial charge >= 0.3 is 0 Å². The summed E-state index contributed by atoms with van der Waals surface area (Å²) in [5.41, 5.74) is 0.792. The largest absolute Gasteiger partial charge is 0.351 e. The number of hydrogen-bond acceptors (Lipinski definition) is 3. The molecule has 4 nitrogen and oxygen atoms in total. The highest BCUT2D eigenvalue weighted by molar-refractivity contribution is 6.30. The fraction of sp³-hybridized carbons (Fsp3) is 0.462.